The number of carbonyl (C=O) groups excluding carboxylic acids is 2. The number of nitrogens with one attached hydrogen (secondary N) is 2. The molecule has 0 aliphatic heterocycles. The number of Topliss-reactive ketones (excluding diaryl/α,β-unsaturated/α-hetero) is 2. The summed E-state index contributed by atoms with van der Waals surface area (Å²) in [5.41, 5.74) is 3.24. The van der Waals surface area contributed by atoms with Crippen LogP contribution in [0.2, 0.25) is 0 Å². The molecule has 2 aromatic rings. The summed E-state index contributed by atoms with van der Waals surface area (Å²) in [6.45, 7) is 0.489. The fraction of sp³-hybridized carbons (Fsp3) is 0.111. The maximum Gasteiger partial charge on any atom is 0.251 e. The van der Waals surface area contributed by atoms with Gasteiger partial charge in [-0.1, -0.05) is 54.6 Å². The fourth-order valence-electron chi connectivity index (χ4n) is 2.60. The van der Waals surface area contributed by atoms with Crippen LogP contribution in [-0.2, 0) is 11.3 Å². The molecule has 2 N–H and O–H groups in total. The highest BCUT2D eigenvalue weighted by atomic mass is 16.2. The standard InChI is InChI=1S/C18H16N2O2/c1-19-15-13-9-5-6-10-14(13)17(21)18(22)16(15)20-11-12-7-3-2-4-8-12/h2-10,19-20H,11H2,1H3. The van der Waals surface area contributed by atoms with Crippen LogP contribution >= 0.6 is 0 Å². The van der Waals surface area contributed by atoms with Crippen molar-refractivity contribution >= 4 is 17.3 Å². The van der Waals surface area contributed by atoms with Crippen molar-refractivity contribution in [2.75, 3.05) is 7.05 Å². The van der Waals surface area contributed by atoms with E-state index in [2.05, 4.69) is 10.6 Å². The summed E-state index contributed by atoms with van der Waals surface area (Å²) in [5, 5.41) is 6.15. The molecule has 3 rings (SSSR count). The molecule has 110 valence electrons. The van der Waals surface area contributed by atoms with Gasteiger partial charge >= 0.3 is 0 Å². The van der Waals surface area contributed by atoms with Gasteiger partial charge in [-0.05, 0) is 5.56 Å². The first-order valence-corrected chi connectivity index (χ1v) is 7.10. The van der Waals surface area contributed by atoms with Crippen LogP contribution in [0.25, 0.3) is 5.70 Å². The number of fused-ring (bicyclic) bond motifs is 1. The maximum absolute atomic E-state index is 12.4. The van der Waals surface area contributed by atoms with Crippen LogP contribution in [0.5, 0.6) is 0 Å². The molecule has 0 amide bonds. The number of ketones is 2. The minimum Gasteiger partial charge on any atom is -0.386 e. The smallest absolute Gasteiger partial charge is 0.251 e. The predicted molar refractivity (Wildman–Crippen MR) is 85.0 cm³/mol. The normalized spacial score (nSPS) is 13.9. The number of benzene rings is 2. The van der Waals surface area contributed by atoms with Gasteiger partial charge in [0.2, 0.25) is 5.78 Å². The zero-order valence-corrected chi connectivity index (χ0v) is 12.2. The first-order valence-electron chi connectivity index (χ1n) is 7.10. The van der Waals surface area contributed by atoms with Crippen molar-refractivity contribution in [3.63, 3.8) is 0 Å². The van der Waals surface area contributed by atoms with Crippen LogP contribution in [0, 0.1) is 0 Å². The molecule has 0 fully saturated rings. The van der Waals surface area contributed by atoms with Crippen molar-refractivity contribution in [3.05, 3.63) is 77.0 Å². The van der Waals surface area contributed by atoms with Crippen molar-refractivity contribution in [2.45, 2.75) is 6.54 Å². The highest BCUT2D eigenvalue weighted by Gasteiger charge is 2.32. The number of hydrogen-bond acceptors (Lipinski definition) is 4. The van der Waals surface area contributed by atoms with E-state index in [9.17, 15) is 9.59 Å². The van der Waals surface area contributed by atoms with Crippen LogP contribution in [-0.4, -0.2) is 18.6 Å². The Labute approximate surface area is 128 Å². The predicted octanol–water partition coefficient (Wildman–Crippen LogP) is 2.13. The van der Waals surface area contributed by atoms with E-state index < -0.39 is 11.6 Å². The molecule has 4 heteroatoms. The molecule has 0 heterocycles. The van der Waals surface area contributed by atoms with Crippen molar-refractivity contribution in [1.82, 2.24) is 10.6 Å². The van der Waals surface area contributed by atoms with E-state index in [-0.39, 0.29) is 0 Å². The molecule has 2 aromatic carbocycles. The molecule has 0 saturated carbocycles. The number of carbonyl (C=O) groups is 2. The summed E-state index contributed by atoms with van der Waals surface area (Å²) in [6.07, 6.45) is 0. The largest absolute Gasteiger partial charge is 0.386 e. The molecule has 4 nitrogen and oxygen atoms in total. The van der Waals surface area contributed by atoms with E-state index in [4.69, 9.17) is 0 Å². The average Bonchev–Trinajstić information content (AvgIpc) is 2.57. The second-order valence-corrected chi connectivity index (χ2v) is 5.04. The molecule has 0 radical (unpaired) electrons. The molecule has 0 saturated heterocycles. The lowest BCUT2D eigenvalue weighted by Crippen LogP contribution is -2.34. The molecule has 0 spiro atoms. The van der Waals surface area contributed by atoms with Gasteiger partial charge in [0, 0.05) is 24.7 Å². The van der Waals surface area contributed by atoms with E-state index in [0.29, 0.717) is 23.5 Å². The van der Waals surface area contributed by atoms with Crippen LogP contribution in [0.15, 0.2) is 60.3 Å². The Kier molecular flexibility index (Phi) is 3.74. The molecule has 0 bridgehead atoms. The highest BCUT2D eigenvalue weighted by Crippen LogP contribution is 2.26. The van der Waals surface area contributed by atoms with Gasteiger partial charge in [-0.2, -0.15) is 0 Å². The zero-order chi connectivity index (χ0) is 15.5. The molecular formula is C18H16N2O2. The van der Waals surface area contributed by atoms with Crippen molar-refractivity contribution < 1.29 is 9.59 Å². The van der Waals surface area contributed by atoms with E-state index >= 15 is 0 Å². The van der Waals surface area contributed by atoms with Crippen molar-refractivity contribution in [1.29, 1.82) is 0 Å². The number of rotatable bonds is 4. The highest BCUT2D eigenvalue weighted by molar-refractivity contribution is 6.52. The van der Waals surface area contributed by atoms with Crippen LogP contribution in [0.4, 0.5) is 0 Å². The maximum atomic E-state index is 12.4. The van der Waals surface area contributed by atoms with Crippen LogP contribution < -0.4 is 10.6 Å². The van der Waals surface area contributed by atoms with E-state index in [0.717, 1.165) is 11.1 Å². The summed E-state index contributed by atoms with van der Waals surface area (Å²) in [4.78, 5) is 24.6. The second-order valence-electron chi connectivity index (χ2n) is 5.04. The first kappa shape index (κ1) is 14.1. The summed E-state index contributed by atoms with van der Waals surface area (Å²) in [5.74, 6) is -0.968. The molecular weight excluding hydrogens is 276 g/mol. The van der Waals surface area contributed by atoms with Gasteiger partial charge in [-0.15, -0.1) is 0 Å². The van der Waals surface area contributed by atoms with Crippen LogP contribution in [0.1, 0.15) is 21.5 Å². The lowest BCUT2D eigenvalue weighted by molar-refractivity contribution is -0.112. The van der Waals surface area contributed by atoms with Crippen molar-refractivity contribution in [3.8, 4) is 0 Å². The Hall–Kier alpha value is -2.88. The second kappa shape index (κ2) is 5.85. The minimum absolute atomic E-state index is 0.329. The summed E-state index contributed by atoms with van der Waals surface area (Å²) in [6, 6.07) is 16.9. The Bertz CT molecular complexity index is 764. The number of hydrogen-bond donors (Lipinski definition) is 2. The van der Waals surface area contributed by atoms with Gasteiger partial charge in [-0.25, -0.2) is 0 Å². The molecule has 0 atom stereocenters. The Morgan fingerprint density at radius 1 is 0.773 bits per heavy atom. The van der Waals surface area contributed by atoms with Gasteiger partial charge in [0.25, 0.3) is 5.78 Å². The lowest BCUT2D eigenvalue weighted by Gasteiger charge is -2.22. The fourth-order valence-corrected chi connectivity index (χ4v) is 2.60. The molecule has 0 aromatic heterocycles. The Morgan fingerprint density at radius 3 is 2.09 bits per heavy atom. The van der Waals surface area contributed by atoms with Gasteiger partial charge in [0.15, 0.2) is 0 Å². The molecule has 1 aliphatic carbocycles. The quantitative estimate of drug-likeness (QED) is 0.848. The third-order valence-corrected chi connectivity index (χ3v) is 3.69. The third-order valence-electron chi connectivity index (χ3n) is 3.69. The topological polar surface area (TPSA) is 58.2 Å². The van der Waals surface area contributed by atoms with E-state index in [1.54, 1.807) is 19.2 Å². The molecule has 1 aliphatic rings. The summed E-state index contributed by atoms with van der Waals surface area (Å²) >= 11 is 0. The van der Waals surface area contributed by atoms with Crippen LogP contribution in [0.3, 0.4) is 0 Å². The first-order chi connectivity index (χ1) is 10.7. The molecule has 22 heavy (non-hydrogen) atoms. The minimum atomic E-state index is -0.501. The Morgan fingerprint density at radius 2 is 1.41 bits per heavy atom. The molecule has 0 unspecified atom stereocenters. The third kappa shape index (κ3) is 2.39. The zero-order valence-electron chi connectivity index (χ0n) is 12.2. The van der Waals surface area contributed by atoms with Gasteiger partial charge in [-0.3, -0.25) is 9.59 Å². The van der Waals surface area contributed by atoms with E-state index in [1.807, 2.05) is 42.5 Å². The van der Waals surface area contributed by atoms with E-state index in [1.165, 1.54) is 0 Å². The SMILES string of the molecule is CNC1=C(NCc2ccccc2)C(=O)C(=O)c2ccccc21. The summed E-state index contributed by atoms with van der Waals surface area (Å²) in [7, 11) is 1.75. The average molecular weight is 292 g/mol. The lowest BCUT2D eigenvalue weighted by atomic mass is 9.90. The number of allylic oxidation sites excluding steroid dienone is 1. The van der Waals surface area contributed by atoms with Gasteiger partial charge < -0.3 is 10.6 Å². The van der Waals surface area contributed by atoms with Crippen molar-refractivity contribution in [2.24, 2.45) is 0 Å². The Balaban J connectivity index is 1.98. The summed E-state index contributed by atoms with van der Waals surface area (Å²) < 4.78 is 0. The monoisotopic (exact) mass is 292 g/mol. The van der Waals surface area contributed by atoms with Gasteiger partial charge in [0.1, 0.15) is 5.70 Å². The van der Waals surface area contributed by atoms with Gasteiger partial charge in [0.05, 0.1) is 5.70 Å².